The lowest BCUT2D eigenvalue weighted by atomic mass is 10.00. The summed E-state index contributed by atoms with van der Waals surface area (Å²) in [5.41, 5.74) is 1.02. The van der Waals surface area contributed by atoms with Crippen molar-refractivity contribution in [3.05, 3.63) is 16.1 Å². The lowest BCUT2D eigenvalue weighted by Gasteiger charge is -2.31. The number of piperidine rings is 1. The number of hydrogen-bond donors (Lipinski definition) is 1. The summed E-state index contributed by atoms with van der Waals surface area (Å²) in [7, 11) is 0. The van der Waals surface area contributed by atoms with Gasteiger partial charge in [0.05, 0.1) is 6.04 Å². The molecule has 0 aromatic carbocycles. The number of rotatable bonds is 2. The molecule has 0 spiro atoms. The van der Waals surface area contributed by atoms with Crippen molar-refractivity contribution in [1.82, 2.24) is 15.2 Å². The van der Waals surface area contributed by atoms with E-state index in [4.69, 9.17) is 0 Å². The highest BCUT2D eigenvalue weighted by molar-refractivity contribution is 7.09. The zero-order chi connectivity index (χ0) is 13.1. The van der Waals surface area contributed by atoms with E-state index in [9.17, 15) is 4.79 Å². The quantitative estimate of drug-likeness (QED) is 0.895. The molecule has 1 aromatic rings. The third kappa shape index (κ3) is 3.22. The average molecular weight is 267 g/mol. The highest BCUT2D eigenvalue weighted by Crippen LogP contribution is 2.19. The van der Waals surface area contributed by atoms with Crippen LogP contribution in [0.2, 0.25) is 0 Å². The number of aryl methyl sites for hydroxylation is 1. The molecule has 1 fully saturated rings. The van der Waals surface area contributed by atoms with E-state index in [1.165, 1.54) is 0 Å². The van der Waals surface area contributed by atoms with Crippen LogP contribution in [-0.4, -0.2) is 29.0 Å². The predicted molar refractivity (Wildman–Crippen MR) is 73.8 cm³/mol. The van der Waals surface area contributed by atoms with Gasteiger partial charge in [0, 0.05) is 24.2 Å². The van der Waals surface area contributed by atoms with Crippen LogP contribution in [0.1, 0.15) is 43.4 Å². The standard InChI is InChI=1S/C13H21N3OS/c1-9-4-6-16(7-5-9)13(17)15-11(3)12-14-10(2)8-18-12/h8-9,11H,4-7H2,1-3H3,(H,15,17). The van der Waals surface area contributed by atoms with Gasteiger partial charge in [0.25, 0.3) is 0 Å². The van der Waals surface area contributed by atoms with E-state index in [1.807, 2.05) is 24.1 Å². The molecule has 1 N–H and O–H groups in total. The first-order chi connectivity index (χ1) is 8.56. The van der Waals surface area contributed by atoms with Crippen molar-refractivity contribution in [2.24, 2.45) is 5.92 Å². The van der Waals surface area contributed by atoms with Crippen LogP contribution in [0.15, 0.2) is 5.38 Å². The van der Waals surface area contributed by atoms with Gasteiger partial charge in [-0.05, 0) is 32.6 Å². The van der Waals surface area contributed by atoms with E-state index >= 15 is 0 Å². The first-order valence-electron chi connectivity index (χ1n) is 6.53. The van der Waals surface area contributed by atoms with Crippen LogP contribution < -0.4 is 5.32 Å². The first kappa shape index (κ1) is 13.3. The Bertz CT molecular complexity index is 410. The number of nitrogens with one attached hydrogen (secondary N) is 1. The Labute approximate surface area is 112 Å². The number of likely N-dealkylation sites (tertiary alicyclic amines) is 1. The second-order valence-corrected chi connectivity index (χ2v) is 6.06. The maximum Gasteiger partial charge on any atom is 0.317 e. The summed E-state index contributed by atoms with van der Waals surface area (Å²) < 4.78 is 0. The molecule has 0 bridgehead atoms. The fourth-order valence-corrected chi connectivity index (χ4v) is 2.92. The van der Waals surface area contributed by atoms with Crippen molar-refractivity contribution in [3.8, 4) is 0 Å². The maximum atomic E-state index is 12.1. The number of amides is 2. The molecule has 1 aliphatic rings. The summed E-state index contributed by atoms with van der Waals surface area (Å²) in [5.74, 6) is 0.744. The minimum absolute atomic E-state index is 0.00412. The fourth-order valence-electron chi connectivity index (χ4n) is 2.12. The van der Waals surface area contributed by atoms with Crippen molar-refractivity contribution < 1.29 is 4.79 Å². The Kier molecular flexibility index (Phi) is 4.22. The minimum atomic E-state index is -0.00412. The summed E-state index contributed by atoms with van der Waals surface area (Å²) in [6, 6.07) is 0.0396. The Hall–Kier alpha value is -1.10. The molecule has 1 atom stereocenters. The zero-order valence-electron chi connectivity index (χ0n) is 11.3. The van der Waals surface area contributed by atoms with E-state index in [0.717, 1.165) is 42.6 Å². The van der Waals surface area contributed by atoms with Gasteiger partial charge in [-0.15, -0.1) is 11.3 Å². The molecule has 4 nitrogen and oxygen atoms in total. The van der Waals surface area contributed by atoms with E-state index in [-0.39, 0.29) is 12.1 Å². The largest absolute Gasteiger partial charge is 0.329 e. The molecule has 2 heterocycles. The van der Waals surface area contributed by atoms with Crippen molar-refractivity contribution in [2.45, 2.75) is 39.7 Å². The summed E-state index contributed by atoms with van der Waals surface area (Å²) in [6.45, 7) is 7.95. The molecule has 1 aromatic heterocycles. The summed E-state index contributed by atoms with van der Waals surface area (Å²) in [6.07, 6.45) is 2.22. The molecule has 100 valence electrons. The third-order valence-electron chi connectivity index (χ3n) is 3.42. The molecule has 1 saturated heterocycles. The van der Waals surface area contributed by atoms with Crippen LogP contribution in [0.5, 0.6) is 0 Å². The monoisotopic (exact) mass is 267 g/mol. The smallest absolute Gasteiger partial charge is 0.317 e. The molecule has 0 aliphatic carbocycles. The average Bonchev–Trinajstić information content (AvgIpc) is 2.76. The van der Waals surface area contributed by atoms with E-state index < -0.39 is 0 Å². The Morgan fingerprint density at radius 1 is 1.56 bits per heavy atom. The van der Waals surface area contributed by atoms with Crippen molar-refractivity contribution in [2.75, 3.05) is 13.1 Å². The van der Waals surface area contributed by atoms with Crippen LogP contribution in [0, 0.1) is 12.8 Å². The number of thiazole rings is 1. The molecule has 5 heteroatoms. The van der Waals surface area contributed by atoms with Crippen molar-refractivity contribution in [1.29, 1.82) is 0 Å². The number of nitrogens with zero attached hydrogens (tertiary/aromatic N) is 2. The van der Waals surface area contributed by atoms with Gasteiger partial charge in [-0.1, -0.05) is 6.92 Å². The van der Waals surface area contributed by atoms with Gasteiger partial charge < -0.3 is 10.2 Å². The van der Waals surface area contributed by atoms with Crippen LogP contribution >= 0.6 is 11.3 Å². The molecule has 1 aliphatic heterocycles. The fraction of sp³-hybridized carbons (Fsp3) is 0.692. The topological polar surface area (TPSA) is 45.2 Å². The molecule has 18 heavy (non-hydrogen) atoms. The Morgan fingerprint density at radius 3 is 2.78 bits per heavy atom. The van der Waals surface area contributed by atoms with Gasteiger partial charge >= 0.3 is 6.03 Å². The van der Waals surface area contributed by atoms with Crippen molar-refractivity contribution >= 4 is 17.4 Å². The van der Waals surface area contributed by atoms with Crippen LogP contribution in [0.25, 0.3) is 0 Å². The van der Waals surface area contributed by atoms with Gasteiger partial charge in [-0.2, -0.15) is 0 Å². The summed E-state index contributed by atoms with van der Waals surface area (Å²) in [5, 5.41) is 6.02. The summed E-state index contributed by atoms with van der Waals surface area (Å²) in [4.78, 5) is 18.4. The van der Waals surface area contributed by atoms with E-state index in [0.29, 0.717) is 0 Å². The molecule has 0 saturated carbocycles. The second kappa shape index (κ2) is 5.69. The maximum absolute atomic E-state index is 12.1. The normalized spacial score (nSPS) is 18.7. The van der Waals surface area contributed by atoms with Crippen LogP contribution in [0.4, 0.5) is 4.79 Å². The molecular formula is C13H21N3OS. The highest BCUT2D eigenvalue weighted by atomic mass is 32.1. The first-order valence-corrected chi connectivity index (χ1v) is 7.41. The number of carbonyl (C=O) groups is 1. The molecule has 2 rings (SSSR count). The van der Waals surface area contributed by atoms with Gasteiger partial charge in [0.15, 0.2) is 0 Å². The highest BCUT2D eigenvalue weighted by Gasteiger charge is 2.22. The minimum Gasteiger partial charge on any atom is -0.329 e. The lowest BCUT2D eigenvalue weighted by molar-refractivity contribution is 0.171. The van der Waals surface area contributed by atoms with E-state index in [1.54, 1.807) is 11.3 Å². The Morgan fingerprint density at radius 2 is 2.22 bits per heavy atom. The predicted octanol–water partition coefficient (Wildman–Crippen LogP) is 2.95. The Balaban J connectivity index is 1.87. The molecule has 0 radical (unpaired) electrons. The third-order valence-corrected chi connectivity index (χ3v) is 4.56. The number of aromatic nitrogens is 1. The SMILES string of the molecule is Cc1csc(C(C)NC(=O)N2CCC(C)CC2)n1. The number of carbonyl (C=O) groups excluding carboxylic acids is 1. The zero-order valence-corrected chi connectivity index (χ0v) is 12.1. The van der Waals surface area contributed by atoms with Crippen molar-refractivity contribution in [3.63, 3.8) is 0 Å². The second-order valence-electron chi connectivity index (χ2n) is 5.17. The van der Waals surface area contributed by atoms with Crippen LogP contribution in [0.3, 0.4) is 0 Å². The number of urea groups is 1. The molecule has 2 amide bonds. The molecule has 1 unspecified atom stereocenters. The molecular weight excluding hydrogens is 246 g/mol. The number of hydrogen-bond acceptors (Lipinski definition) is 3. The van der Waals surface area contributed by atoms with Gasteiger partial charge in [0.1, 0.15) is 5.01 Å². The van der Waals surface area contributed by atoms with Gasteiger partial charge in [-0.3, -0.25) is 0 Å². The van der Waals surface area contributed by atoms with Gasteiger partial charge in [0.2, 0.25) is 0 Å². The summed E-state index contributed by atoms with van der Waals surface area (Å²) >= 11 is 1.60. The van der Waals surface area contributed by atoms with Gasteiger partial charge in [-0.25, -0.2) is 9.78 Å². The lowest BCUT2D eigenvalue weighted by Crippen LogP contribution is -2.44. The van der Waals surface area contributed by atoms with E-state index in [2.05, 4.69) is 17.2 Å². The van der Waals surface area contributed by atoms with Crippen LogP contribution in [-0.2, 0) is 0 Å².